The number of nitro benzene ring substituents is 1. The van der Waals surface area contributed by atoms with Gasteiger partial charge in [-0.15, -0.1) is 0 Å². The summed E-state index contributed by atoms with van der Waals surface area (Å²) in [6.45, 7) is 5.66. The molecule has 126 valence electrons. The van der Waals surface area contributed by atoms with Gasteiger partial charge in [0, 0.05) is 19.2 Å². The van der Waals surface area contributed by atoms with Gasteiger partial charge in [-0.2, -0.15) is 0 Å². The number of hydrogen-bond acceptors (Lipinski definition) is 5. The second kappa shape index (κ2) is 7.66. The minimum atomic E-state index is -0.544. The van der Waals surface area contributed by atoms with Crippen molar-refractivity contribution >= 4 is 17.4 Å². The molecule has 1 saturated heterocycles. The van der Waals surface area contributed by atoms with Crippen LogP contribution >= 0.6 is 0 Å². The summed E-state index contributed by atoms with van der Waals surface area (Å²) in [6.07, 6.45) is 1.89. The summed E-state index contributed by atoms with van der Waals surface area (Å²) >= 11 is 0. The van der Waals surface area contributed by atoms with Crippen molar-refractivity contribution in [3.63, 3.8) is 0 Å². The van der Waals surface area contributed by atoms with Crippen LogP contribution in [-0.2, 0) is 0 Å². The third-order valence-corrected chi connectivity index (χ3v) is 3.49. The second-order valence-corrected chi connectivity index (χ2v) is 5.06. The predicted octanol–water partition coefficient (Wildman–Crippen LogP) is 3.02. The van der Waals surface area contributed by atoms with Gasteiger partial charge in [-0.25, -0.2) is 4.79 Å². The number of nitro groups is 1. The Morgan fingerprint density at radius 1 is 1.22 bits per heavy atom. The monoisotopic (exact) mass is 323 g/mol. The molecule has 1 aliphatic heterocycles. The van der Waals surface area contributed by atoms with Crippen molar-refractivity contribution in [1.82, 2.24) is 4.90 Å². The van der Waals surface area contributed by atoms with Crippen LogP contribution in [0.4, 0.5) is 16.2 Å². The maximum Gasteiger partial charge on any atom is 0.322 e. The van der Waals surface area contributed by atoms with E-state index in [2.05, 4.69) is 5.32 Å². The van der Waals surface area contributed by atoms with Gasteiger partial charge in [0.25, 0.3) is 5.69 Å². The van der Waals surface area contributed by atoms with E-state index in [0.717, 1.165) is 12.8 Å². The maximum absolute atomic E-state index is 12.2. The Bertz CT molecular complexity index is 585. The first-order chi connectivity index (χ1) is 11.1. The van der Waals surface area contributed by atoms with Gasteiger partial charge < -0.3 is 19.7 Å². The molecule has 0 saturated carbocycles. The Hall–Kier alpha value is -2.51. The molecule has 0 bridgehead atoms. The molecular weight excluding hydrogens is 302 g/mol. The smallest absolute Gasteiger partial charge is 0.322 e. The molecular formula is C15H21N3O5. The molecule has 23 heavy (non-hydrogen) atoms. The molecule has 1 aromatic carbocycles. The molecule has 1 fully saturated rings. The van der Waals surface area contributed by atoms with E-state index in [1.807, 2.05) is 0 Å². The lowest BCUT2D eigenvalue weighted by molar-refractivity contribution is -0.384. The zero-order chi connectivity index (χ0) is 16.8. The number of carbonyl (C=O) groups is 1. The Balaban J connectivity index is 2.32. The highest BCUT2D eigenvalue weighted by molar-refractivity contribution is 5.92. The zero-order valence-corrected chi connectivity index (χ0v) is 13.3. The average Bonchev–Trinajstić information content (AvgIpc) is 3.04. The molecule has 0 spiro atoms. The van der Waals surface area contributed by atoms with Crippen LogP contribution in [0.25, 0.3) is 0 Å². The van der Waals surface area contributed by atoms with Crippen LogP contribution < -0.4 is 14.8 Å². The average molecular weight is 323 g/mol. The summed E-state index contributed by atoms with van der Waals surface area (Å²) in [5.74, 6) is 0.664. The number of anilines is 1. The molecule has 2 rings (SSSR count). The fourth-order valence-electron chi connectivity index (χ4n) is 2.45. The first-order valence-corrected chi connectivity index (χ1v) is 7.70. The Labute approximate surface area is 134 Å². The van der Waals surface area contributed by atoms with Gasteiger partial charge in [0.2, 0.25) is 0 Å². The fraction of sp³-hybridized carbons (Fsp3) is 0.533. The van der Waals surface area contributed by atoms with Gasteiger partial charge in [-0.1, -0.05) is 0 Å². The van der Waals surface area contributed by atoms with Gasteiger partial charge in [-0.3, -0.25) is 10.1 Å². The van der Waals surface area contributed by atoms with Gasteiger partial charge in [0.1, 0.15) is 5.69 Å². The highest BCUT2D eigenvalue weighted by atomic mass is 16.6. The van der Waals surface area contributed by atoms with Crippen LogP contribution in [0.2, 0.25) is 0 Å². The number of urea groups is 1. The molecule has 1 aliphatic rings. The number of nitrogens with one attached hydrogen (secondary N) is 1. The van der Waals surface area contributed by atoms with Crippen molar-refractivity contribution in [2.24, 2.45) is 0 Å². The molecule has 0 radical (unpaired) electrons. The van der Waals surface area contributed by atoms with Gasteiger partial charge in [0.05, 0.1) is 24.2 Å². The van der Waals surface area contributed by atoms with Crippen LogP contribution in [0.15, 0.2) is 12.1 Å². The number of benzene rings is 1. The lowest BCUT2D eigenvalue weighted by Gasteiger charge is -2.17. The molecule has 1 N–H and O–H groups in total. The quantitative estimate of drug-likeness (QED) is 0.641. The van der Waals surface area contributed by atoms with Gasteiger partial charge in [-0.05, 0) is 26.7 Å². The second-order valence-electron chi connectivity index (χ2n) is 5.06. The molecule has 0 unspecified atom stereocenters. The molecule has 2 amide bonds. The van der Waals surface area contributed by atoms with Crippen LogP contribution in [0.1, 0.15) is 26.7 Å². The SMILES string of the molecule is CCOc1cc(NC(=O)N2CCCC2)c([N+](=O)[O-])cc1OCC. The van der Waals surface area contributed by atoms with Crippen molar-refractivity contribution in [3.8, 4) is 11.5 Å². The van der Waals surface area contributed by atoms with E-state index in [1.54, 1.807) is 18.7 Å². The summed E-state index contributed by atoms with van der Waals surface area (Å²) in [5, 5.41) is 13.9. The highest BCUT2D eigenvalue weighted by Gasteiger charge is 2.24. The standard InChI is InChI=1S/C15H21N3O5/c1-3-22-13-9-11(16-15(19)17-7-5-6-8-17)12(18(20)21)10-14(13)23-4-2/h9-10H,3-8H2,1-2H3,(H,16,19). The van der Waals surface area contributed by atoms with Crippen LogP contribution in [-0.4, -0.2) is 42.2 Å². The summed E-state index contributed by atoms with van der Waals surface area (Å²) in [6, 6.07) is 2.39. The maximum atomic E-state index is 12.2. The third-order valence-electron chi connectivity index (χ3n) is 3.49. The summed E-state index contributed by atoms with van der Waals surface area (Å²) in [4.78, 5) is 24.6. The third kappa shape index (κ3) is 4.02. The molecule has 8 nitrogen and oxygen atoms in total. The molecule has 1 heterocycles. The summed E-state index contributed by atoms with van der Waals surface area (Å²) in [5.41, 5.74) is -0.108. The first kappa shape index (κ1) is 16.9. The zero-order valence-electron chi connectivity index (χ0n) is 13.3. The minimum absolute atomic E-state index is 0.110. The lowest BCUT2D eigenvalue weighted by atomic mass is 10.2. The molecule has 0 aliphatic carbocycles. The molecule has 0 atom stereocenters. The number of hydrogen-bond donors (Lipinski definition) is 1. The first-order valence-electron chi connectivity index (χ1n) is 7.70. The van der Waals surface area contributed by atoms with Crippen molar-refractivity contribution in [1.29, 1.82) is 0 Å². The Kier molecular flexibility index (Phi) is 5.61. The number of amides is 2. The van der Waals surface area contributed by atoms with E-state index < -0.39 is 4.92 Å². The fourth-order valence-corrected chi connectivity index (χ4v) is 2.45. The number of likely N-dealkylation sites (tertiary alicyclic amines) is 1. The predicted molar refractivity (Wildman–Crippen MR) is 85.3 cm³/mol. The Morgan fingerprint density at radius 3 is 2.30 bits per heavy atom. The summed E-state index contributed by atoms with van der Waals surface area (Å²) in [7, 11) is 0. The number of nitrogens with zero attached hydrogens (tertiary/aromatic N) is 2. The van der Waals surface area contributed by atoms with Gasteiger partial charge in [0.15, 0.2) is 11.5 Å². The van der Waals surface area contributed by atoms with E-state index in [1.165, 1.54) is 12.1 Å². The van der Waals surface area contributed by atoms with E-state index in [0.29, 0.717) is 37.8 Å². The van der Waals surface area contributed by atoms with Crippen molar-refractivity contribution < 1.29 is 19.2 Å². The number of carbonyl (C=O) groups excluding carboxylic acids is 1. The van der Waals surface area contributed by atoms with Crippen LogP contribution in [0, 0.1) is 10.1 Å². The Morgan fingerprint density at radius 2 is 1.78 bits per heavy atom. The van der Waals surface area contributed by atoms with E-state index >= 15 is 0 Å². The van der Waals surface area contributed by atoms with E-state index in [9.17, 15) is 14.9 Å². The molecule has 8 heteroatoms. The van der Waals surface area contributed by atoms with Crippen molar-refractivity contribution in [2.45, 2.75) is 26.7 Å². The number of ether oxygens (including phenoxy) is 2. The lowest BCUT2D eigenvalue weighted by Crippen LogP contribution is -2.32. The van der Waals surface area contributed by atoms with E-state index in [-0.39, 0.29) is 17.4 Å². The number of rotatable bonds is 6. The van der Waals surface area contributed by atoms with Crippen molar-refractivity contribution in [3.05, 3.63) is 22.2 Å². The minimum Gasteiger partial charge on any atom is -0.490 e. The topological polar surface area (TPSA) is 93.9 Å². The normalized spacial score (nSPS) is 13.7. The molecule has 0 aromatic heterocycles. The van der Waals surface area contributed by atoms with Gasteiger partial charge >= 0.3 is 6.03 Å². The van der Waals surface area contributed by atoms with Crippen LogP contribution in [0.5, 0.6) is 11.5 Å². The van der Waals surface area contributed by atoms with Crippen LogP contribution in [0.3, 0.4) is 0 Å². The van der Waals surface area contributed by atoms with Crippen molar-refractivity contribution in [2.75, 3.05) is 31.6 Å². The largest absolute Gasteiger partial charge is 0.490 e. The van der Waals surface area contributed by atoms with E-state index in [4.69, 9.17) is 9.47 Å². The highest BCUT2D eigenvalue weighted by Crippen LogP contribution is 2.38. The summed E-state index contributed by atoms with van der Waals surface area (Å²) < 4.78 is 10.8. The molecule has 1 aromatic rings.